The van der Waals surface area contributed by atoms with Crippen molar-refractivity contribution in [2.24, 2.45) is 0 Å². The fraction of sp³-hybridized carbons (Fsp3) is 0.355. The number of benzene rings is 3. The number of nitrogens with zero attached hydrogens (tertiary/aromatic N) is 2. The second kappa shape index (κ2) is 14.7. The summed E-state index contributed by atoms with van der Waals surface area (Å²) in [4.78, 5) is 16.9. The molecule has 0 aliphatic heterocycles. The van der Waals surface area contributed by atoms with E-state index in [4.69, 9.17) is 19.2 Å². The normalized spacial score (nSPS) is 10.9. The van der Waals surface area contributed by atoms with Gasteiger partial charge in [-0.25, -0.2) is 4.98 Å². The van der Waals surface area contributed by atoms with E-state index in [0.717, 1.165) is 67.9 Å². The van der Waals surface area contributed by atoms with E-state index in [1.54, 1.807) is 7.11 Å². The average molecular weight is 516 g/mol. The highest BCUT2D eigenvalue weighted by molar-refractivity contribution is 5.77. The number of rotatable bonds is 16. The zero-order valence-corrected chi connectivity index (χ0v) is 22.1. The molecule has 0 spiro atoms. The number of para-hydroxylation sites is 3. The molecule has 1 N–H and O–H groups in total. The molecule has 7 nitrogen and oxygen atoms in total. The molecular formula is C31H37N3O4. The first kappa shape index (κ1) is 27.0. The highest BCUT2D eigenvalue weighted by atomic mass is 16.5. The number of aryl methyl sites for hydroxylation is 2. The lowest BCUT2D eigenvalue weighted by molar-refractivity contribution is -0.123. The van der Waals surface area contributed by atoms with Crippen LogP contribution in [0, 0.1) is 0 Å². The Morgan fingerprint density at radius 2 is 1.61 bits per heavy atom. The zero-order chi connectivity index (χ0) is 26.4. The van der Waals surface area contributed by atoms with Crippen LogP contribution in [0.4, 0.5) is 0 Å². The summed E-state index contributed by atoms with van der Waals surface area (Å²) in [5.41, 5.74) is 2.22. The monoisotopic (exact) mass is 515 g/mol. The predicted octanol–water partition coefficient (Wildman–Crippen LogP) is 5.81. The molecule has 38 heavy (non-hydrogen) atoms. The highest BCUT2D eigenvalue weighted by Crippen LogP contribution is 2.21. The third-order valence-electron chi connectivity index (χ3n) is 6.33. The number of hydrogen-bond donors (Lipinski definition) is 1. The van der Waals surface area contributed by atoms with Gasteiger partial charge in [-0.15, -0.1) is 0 Å². The van der Waals surface area contributed by atoms with Crippen molar-refractivity contribution in [3.8, 4) is 17.2 Å². The van der Waals surface area contributed by atoms with Crippen molar-refractivity contribution >= 4 is 16.9 Å². The molecule has 4 aromatic rings. The molecule has 0 atom stereocenters. The lowest BCUT2D eigenvalue weighted by Crippen LogP contribution is -2.29. The predicted molar refractivity (Wildman–Crippen MR) is 150 cm³/mol. The first-order valence-electron chi connectivity index (χ1n) is 13.4. The first-order valence-corrected chi connectivity index (χ1v) is 13.4. The maximum absolute atomic E-state index is 12.0. The molecule has 0 unspecified atom stereocenters. The Labute approximate surface area is 224 Å². The van der Waals surface area contributed by atoms with E-state index < -0.39 is 0 Å². The number of unbranched alkanes of at least 4 members (excludes halogenated alkanes) is 3. The third kappa shape index (κ3) is 8.26. The third-order valence-corrected chi connectivity index (χ3v) is 6.33. The van der Waals surface area contributed by atoms with Gasteiger partial charge in [0.05, 0.1) is 24.8 Å². The number of carbonyl (C=O) groups excluding carboxylic acids is 1. The standard InChI is InChI=1S/C31H37N3O4/c1-36-26-15-12-16-27(23-26)37-22-11-10-21-34-29-18-8-7-17-28(29)33-30(34)19-6-3-9-20-32-31(35)24-38-25-13-4-2-5-14-25/h2,4-5,7-8,12-18,23H,3,6,9-11,19-22,24H2,1H3,(H,32,35). The minimum absolute atomic E-state index is 0.0403. The number of ether oxygens (including phenoxy) is 3. The largest absolute Gasteiger partial charge is 0.497 e. The van der Waals surface area contributed by atoms with E-state index in [9.17, 15) is 4.79 Å². The molecule has 0 fully saturated rings. The first-order chi connectivity index (χ1) is 18.7. The van der Waals surface area contributed by atoms with Crippen LogP contribution in [0.1, 0.15) is 37.9 Å². The Hall–Kier alpha value is -4.00. The van der Waals surface area contributed by atoms with Crippen LogP contribution in [0.2, 0.25) is 0 Å². The van der Waals surface area contributed by atoms with Crippen molar-refractivity contribution < 1.29 is 19.0 Å². The van der Waals surface area contributed by atoms with Crippen LogP contribution in [0.15, 0.2) is 78.9 Å². The van der Waals surface area contributed by atoms with Crippen LogP contribution < -0.4 is 19.5 Å². The van der Waals surface area contributed by atoms with Gasteiger partial charge in [-0.3, -0.25) is 4.79 Å². The summed E-state index contributed by atoms with van der Waals surface area (Å²) in [6.07, 6.45) is 5.86. The summed E-state index contributed by atoms with van der Waals surface area (Å²) in [5.74, 6) is 3.37. The molecule has 0 aliphatic rings. The van der Waals surface area contributed by atoms with Crippen LogP contribution in [0.25, 0.3) is 11.0 Å². The van der Waals surface area contributed by atoms with Crippen molar-refractivity contribution in [3.63, 3.8) is 0 Å². The summed E-state index contributed by atoms with van der Waals surface area (Å²) in [7, 11) is 1.66. The lowest BCUT2D eigenvalue weighted by Gasteiger charge is -2.11. The Balaban J connectivity index is 1.17. The van der Waals surface area contributed by atoms with Crippen LogP contribution in [0.3, 0.4) is 0 Å². The molecule has 3 aromatic carbocycles. The molecule has 200 valence electrons. The van der Waals surface area contributed by atoms with Gasteiger partial charge in [0.1, 0.15) is 23.1 Å². The van der Waals surface area contributed by atoms with E-state index >= 15 is 0 Å². The van der Waals surface area contributed by atoms with E-state index in [1.165, 1.54) is 5.52 Å². The average Bonchev–Trinajstić information content (AvgIpc) is 3.31. The topological polar surface area (TPSA) is 74.6 Å². The molecule has 0 aliphatic carbocycles. The minimum atomic E-state index is -0.0916. The second-order valence-corrected chi connectivity index (χ2v) is 9.17. The van der Waals surface area contributed by atoms with Gasteiger partial charge in [-0.2, -0.15) is 0 Å². The molecule has 0 saturated carbocycles. The number of fused-ring (bicyclic) bond motifs is 1. The van der Waals surface area contributed by atoms with Gasteiger partial charge in [0.15, 0.2) is 6.61 Å². The Bertz CT molecular complexity index is 1270. The van der Waals surface area contributed by atoms with E-state index in [-0.39, 0.29) is 12.5 Å². The number of amides is 1. The number of aromatic nitrogens is 2. The fourth-order valence-corrected chi connectivity index (χ4v) is 4.35. The number of hydrogen-bond acceptors (Lipinski definition) is 5. The molecule has 1 amide bonds. The summed E-state index contributed by atoms with van der Waals surface area (Å²) >= 11 is 0. The van der Waals surface area contributed by atoms with Gasteiger partial charge in [0.2, 0.25) is 0 Å². The van der Waals surface area contributed by atoms with Crippen LogP contribution >= 0.6 is 0 Å². The number of carbonyl (C=O) groups is 1. The van der Waals surface area contributed by atoms with Crippen molar-refractivity contribution in [1.29, 1.82) is 0 Å². The second-order valence-electron chi connectivity index (χ2n) is 9.17. The molecular weight excluding hydrogens is 478 g/mol. The zero-order valence-electron chi connectivity index (χ0n) is 22.1. The Kier molecular flexibility index (Phi) is 10.4. The van der Waals surface area contributed by atoms with Gasteiger partial charge in [0, 0.05) is 25.6 Å². The van der Waals surface area contributed by atoms with E-state index in [0.29, 0.717) is 18.9 Å². The maximum Gasteiger partial charge on any atom is 0.257 e. The molecule has 7 heteroatoms. The fourth-order valence-electron chi connectivity index (χ4n) is 4.35. The molecule has 1 heterocycles. The summed E-state index contributed by atoms with van der Waals surface area (Å²) in [6, 6.07) is 25.4. The molecule has 4 rings (SSSR count). The molecule has 0 radical (unpaired) electrons. The van der Waals surface area contributed by atoms with Gasteiger partial charge in [-0.05, 0) is 62.1 Å². The van der Waals surface area contributed by atoms with E-state index in [1.807, 2.05) is 60.7 Å². The number of methoxy groups -OCH3 is 1. The Morgan fingerprint density at radius 1 is 0.816 bits per heavy atom. The smallest absolute Gasteiger partial charge is 0.257 e. The van der Waals surface area contributed by atoms with E-state index in [2.05, 4.69) is 28.1 Å². The van der Waals surface area contributed by atoms with Gasteiger partial charge >= 0.3 is 0 Å². The minimum Gasteiger partial charge on any atom is -0.497 e. The van der Waals surface area contributed by atoms with Crippen LogP contribution in [0.5, 0.6) is 17.2 Å². The SMILES string of the molecule is COc1cccc(OCCCCn2c(CCCCCNC(=O)COc3ccccc3)nc3ccccc32)c1. The highest BCUT2D eigenvalue weighted by Gasteiger charge is 2.10. The van der Waals surface area contributed by atoms with Gasteiger partial charge in [-0.1, -0.05) is 42.8 Å². The summed E-state index contributed by atoms with van der Waals surface area (Å²) < 4.78 is 19.0. The van der Waals surface area contributed by atoms with Crippen LogP contribution in [-0.4, -0.2) is 42.3 Å². The molecule has 0 saturated heterocycles. The van der Waals surface area contributed by atoms with Gasteiger partial charge < -0.3 is 24.1 Å². The molecule has 1 aromatic heterocycles. The molecule has 0 bridgehead atoms. The summed E-state index contributed by atoms with van der Waals surface area (Å²) in [5, 5.41) is 2.94. The quantitative estimate of drug-likeness (QED) is 0.191. The number of imidazole rings is 1. The van der Waals surface area contributed by atoms with Crippen molar-refractivity contribution in [2.75, 3.05) is 26.9 Å². The Morgan fingerprint density at radius 3 is 2.47 bits per heavy atom. The lowest BCUT2D eigenvalue weighted by atomic mass is 10.2. The van der Waals surface area contributed by atoms with Crippen LogP contribution in [-0.2, 0) is 17.8 Å². The summed E-state index contributed by atoms with van der Waals surface area (Å²) in [6.45, 7) is 2.27. The van der Waals surface area contributed by atoms with Gasteiger partial charge in [0.25, 0.3) is 5.91 Å². The van der Waals surface area contributed by atoms with Crippen molar-refractivity contribution in [1.82, 2.24) is 14.9 Å². The van der Waals surface area contributed by atoms with Crippen molar-refractivity contribution in [2.45, 2.75) is 45.1 Å². The van der Waals surface area contributed by atoms with Crippen molar-refractivity contribution in [3.05, 3.63) is 84.7 Å². The number of nitrogens with one attached hydrogen (secondary N) is 1. The maximum atomic E-state index is 12.0.